The van der Waals surface area contributed by atoms with E-state index in [1.807, 2.05) is 31.2 Å². The van der Waals surface area contributed by atoms with E-state index in [2.05, 4.69) is 10.6 Å². The van der Waals surface area contributed by atoms with Crippen LogP contribution in [0.1, 0.15) is 39.0 Å². The predicted molar refractivity (Wildman–Crippen MR) is 93.4 cm³/mol. The van der Waals surface area contributed by atoms with Gasteiger partial charge in [0.2, 0.25) is 5.91 Å². The van der Waals surface area contributed by atoms with E-state index < -0.39 is 0 Å². The van der Waals surface area contributed by atoms with Crippen LogP contribution in [0.25, 0.3) is 0 Å². The second kappa shape index (κ2) is 7.88. The summed E-state index contributed by atoms with van der Waals surface area (Å²) in [5.41, 5.74) is 0. The zero-order chi connectivity index (χ0) is 16.9. The van der Waals surface area contributed by atoms with Crippen molar-refractivity contribution in [3.8, 4) is 11.5 Å². The number of carbonyl (C=O) groups is 1. The highest BCUT2D eigenvalue weighted by Gasteiger charge is 2.38. The van der Waals surface area contributed by atoms with Gasteiger partial charge in [-0.1, -0.05) is 12.8 Å². The van der Waals surface area contributed by atoms with Gasteiger partial charge in [0, 0.05) is 6.04 Å². The molecule has 3 rings (SSSR count). The van der Waals surface area contributed by atoms with Gasteiger partial charge in [0.1, 0.15) is 17.6 Å². The number of benzene rings is 1. The lowest BCUT2D eigenvalue weighted by atomic mass is 9.85. The third kappa shape index (κ3) is 4.20. The van der Waals surface area contributed by atoms with E-state index in [4.69, 9.17) is 9.47 Å². The highest BCUT2D eigenvalue weighted by Crippen LogP contribution is 2.33. The molecular formula is C19H28N2O3. The Morgan fingerprint density at radius 3 is 2.67 bits per heavy atom. The minimum atomic E-state index is -0.0778. The van der Waals surface area contributed by atoms with Gasteiger partial charge in [-0.3, -0.25) is 4.79 Å². The van der Waals surface area contributed by atoms with Crippen molar-refractivity contribution in [1.29, 1.82) is 0 Å². The van der Waals surface area contributed by atoms with Gasteiger partial charge in [0.15, 0.2) is 0 Å². The van der Waals surface area contributed by atoms with Gasteiger partial charge in [0.25, 0.3) is 0 Å². The third-order valence-corrected chi connectivity index (χ3v) is 5.14. The smallest absolute Gasteiger partial charge is 0.237 e. The van der Waals surface area contributed by atoms with Crippen LogP contribution in [0.5, 0.6) is 11.5 Å². The molecule has 1 aliphatic carbocycles. The molecule has 1 saturated heterocycles. The molecule has 0 bridgehead atoms. The number of amides is 1. The summed E-state index contributed by atoms with van der Waals surface area (Å²) < 4.78 is 11.0. The van der Waals surface area contributed by atoms with Gasteiger partial charge < -0.3 is 20.1 Å². The maximum atomic E-state index is 12.4. The maximum absolute atomic E-state index is 12.4. The van der Waals surface area contributed by atoms with Gasteiger partial charge in [-0.15, -0.1) is 0 Å². The summed E-state index contributed by atoms with van der Waals surface area (Å²) in [6, 6.07) is 7.99. The molecule has 2 aliphatic rings. The zero-order valence-electron chi connectivity index (χ0n) is 14.6. The van der Waals surface area contributed by atoms with Crippen LogP contribution in [0.2, 0.25) is 0 Å². The molecule has 4 unspecified atom stereocenters. The highest BCUT2D eigenvalue weighted by molar-refractivity contribution is 5.82. The molecule has 132 valence electrons. The third-order valence-electron chi connectivity index (χ3n) is 5.14. The van der Waals surface area contributed by atoms with Crippen molar-refractivity contribution in [2.24, 2.45) is 5.92 Å². The molecule has 5 heteroatoms. The van der Waals surface area contributed by atoms with Crippen LogP contribution >= 0.6 is 0 Å². The van der Waals surface area contributed by atoms with Crippen LogP contribution < -0.4 is 20.1 Å². The van der Waals surface area contributed by atoms with Gasteiger partial charge in [0.05, 0.1) is 19.7 Å². The summed E-state index contributed by atoms with van der Waals surface area (Å²) in [7, 11) is 1.64. The molecule has 1 amide bonds. The molecular weight excluding hydrogens is 304 g/mol. The Hall–Kier alpha value is -1.75. The standard InChI is InChI=1S/C19H28N2O3/c1-13(24-16-9-7-15(23-2)8-10-16)12-20-19(22)18-11-14-5-3-4-6-17(14)21-18/h7-10,13-14,17-18,21H,3-6,11-12H2,1-2H3,(H,20,22). The molecule has 0 radical (unpaired) electrons. The second-order valence-corrected chi connectivity index (χ2v) is 6.96. The number of carbonyl (C=O) groups excluding carboxylic acids is 1. The number of nitrogens with one attached hydrogen (secondary N) is 2. The van der Waals surface area contributed by atoms with Crippen molar-refractivity contribution in [2.45, 2.75) is 57.2 Å². The van der Waals surface area contributed by atoms with Crippen LogP contribution in [0, 0.1) is 5.92 Å². The zero-order valence-corrected chi connectivity index (χ0v) is 14.6. The molecule has 0 spiro atoms. The van der Waals surface area contributed by atoms with Gasteiger partial charge in [-0.25, -0.2) is 0 Å². The molecule has 1 aromatic rings. The lowest BCUT2D eigenvalue weighted by Crippen LogP contribution is -2.45. The first kappa shape index (κ1) is 17.1. The summed E-state index contributed by atoms with van der Waals surface area (Å²) in [4.78, 5) is 12.4. The lowest BCUT2D eigenvalue weighted by Gasteiger charge is -2.24. The van der Waals surface area contributed by atoms with E-state index in [-0.39, 0.29) is 18.1 Å². The lowest BCUT2D eigenvalue weighted by molar-refractivity contribution is -0.123. The first-order chi connectivity index (χ1) is 11.7. The maximum Gasteiger partial charge on any atom is 0.237 e. The van der Waals surface area contributed by atoms with Crippen LogP contribution in [0.15, 0.2) is 24.3 Å². The normalized spacial score (nSPS) is 27.2. The average molecular weight is 332 g/mol. The van der Waals surface area contributed by atoms with Gasteiger partial charge >= 0.3 is 0 Å². The number of rotatable bonds is 6. The SMILES string of the molecule is COc1ccc(OC(C)CNC(=O)C2CC3CCCCC3N2)cc1. The molecule has 4 atom stereocenters. The van der Waals surface area contributed by atoms with Crippen LogP contribution in [0.3, 0.4) is 0 Å². The number of ether oxygens (including phenoxy) is 2. The topological polar surface area (TPSA) is 59.6 Å². The molecule has 1 aliphatic heterocycles. The summed E-state index contributed by atoms with van der Waals surface area (Å²) in [5.74, 6) is 2.37. The van der Waals surface area contributed by atoms with E-state index in [0.717, 1.165) is 17.9 Å². The predicted octanol–water partition coefficient (Wildman–Crippen LogP) is 2.50. The minimum absolute atomic E-state index is 0.0358. The number of methoxy groups -OCH3 is 1. The van der Waals surface area contributed by atoms with E-state index in [9.17, 15) is 4.79 Å². The van der Waals surface area contributed by atoms with E-state index >= 15 is 0 Å². The molecule has 0 aromatic heterocycles. The largest absolute Gasteiger partial charge is 0.497 e. The Labute approximate surface area is 144 Å². The van der Waals surface area contributed by atoms with Crippen molar-refractivity contribution in [3.05, 3.63) is 24.3 Å². The Morgan fingerprint density at radius 1 is 1.25 bits per heavy atom. The Morgan fingerprint density at radius 2 is 1.96 bits per heavy atom. The molecule has 24 heavy (non-hydrogen) atoms. The average Bonchev–Trinajstić information content (AvgIpc) is 3.04. The van der Waals surface area contributed by atoms with Crippen molar-refractivity contribution in [3.63, 3.8) is 0 Å². The molecule has 2 fully saturated rings. The Kier molecular flexibility index (Phi) is 5.61. The fourth-order valence-electron chi connectivity index (χ4n) is 3.82. The monoisotopic (exact) mass is 332 g/mol. The number of hydrogen-bond donors (Lipinski definition) is 2. The summed E-state index contributed by atoms with van der Waals surface area (Å²) in [5, 5.41) is 6.54. The first-order valence-electron chi connectivity index (χ1n) is 9.00. The van der Waals surface area contributed by atoms with Gasteiger partial charge in [-0.05, 0) is 56.4 Å². The molecule has 2 N–H and O–H groups in total. The summed E-state index contributed by atoms with van der Waals surface area (Å²) >= 11 is 0. The minimum Gasteiger partial charge on any atom is -0.497 e. The van der Waals surface area contributed by atoms with Crippen LogP contribution in [-0.4, -0.2) is 37.7 Å². The van der Waals surface area contributed by atoms with Crippen molar-refractivity contribution >= 4 is 5.91 Å². The number of hydrogen-bond acceptors (Lipinski definition) is 4. The van der Waals surface area contributed by atoms with Crippen molar-refractivity contribution < 1.29 is 14.3 Å². The van der Waals surface area contributed by atoms with Gasteiger partial charge in [-0.2, -0.15) is 0 Å². The summed E-state index contributed by atoms with van der Waals surface area (Å²) in [6.45, 7) is 2.48. The second-order valence-electron chi connectivity index (χ2n) is 6.96. The van der Waals surface area contributed by atoms with Crippen LogP contribution in [-0.2, 0) is 4.79 Å². The van der Waals surface area contributed by atoms with E-state index in [1.165, 1.54) is 25.7 Å². The van der Waals surface area contributed by atoms with Crippen molar-refractivity contribution in [1.82, 2.24) is 10.6 Å². The molecule has 1 aromatic carbocycles. The quantitative estimate of drug-likeness (QED) is 0.840. The first-order valence-corrected chi connectivity index (χ1v) is 9.00. The molecule has 5 nitrogen and oxygen atoms in total. The molecule has 1 saturated carbocycles. The van der Waals surface area contributed by atoms with Crippen LogP contribution in [0.4, 0.5) is 0 Å². The van der Waals surface area contributed by atoms with E-state index in [1.54, 1.807) is 7.11 Å². The fraction of sp³-hybridized carbons (Fsp3) is 0.632. The Balaban J connectivity index is 1.42. The summed E-state index contributed by atoms with van der Waals surface area (Å²) in [6.07, 6.45) is 5.97. The number of fused-ring (bicyclic) bond motifs is 1. The van der Waals surface area contributed by atoms with Crippen molar-refractivity contribution in [2.75, 3.05) is 13.7 Å². The van der Waals surface area contributed by atoms with E-state index in [0.29, 0.717) is 18.5 Å². The Bertz CT molecular complexity index is 532. The fourth-order valence-corrected chi connectivity index (χ4v) is 3.82. The highest BCUT2D eigenvalue weighted by atomic mass is 16.5. The molecule has 1 heterocycles.